The summed E-state index contributed by atoms with van der Waals surface area (Å²) in [5.41, 5.74) is 3.48. The first-order chi connectivity index (χ1) is 9.69. The predicted molar refractivity (Wildman–Crippen MR) is 85.3 cm³/mol. The third kappa shape index (κ3) is 4.29. The van der Waals surface area contributed by atoms with E-state index in [2.05, 4.69) is 31.2 Å². The third-order valence-electron chi connectivity index (χ3n) is 3.11. The maximum absolute atomic E-state index is 10.2. The Bertz CT molecular complexity index is 554. The quantitative estimate of drug-likeness (QED) is 0.872. The van der Waals surface area contributed by atoms with Crippen molar-refractivity contribution in [1.29, 1.82) is 0 Å². The summed E-state index contributed by atoms with van der Waals surface area (Å²) in [5.74, 6) is 2.38. The molecule has 0 saturated carbocycles. The molecule has 0 amide bonds. The average molecular weight is 288 g/mol. The summed E-state index contributed by atoms with van der Waals surface area (Å²) in [6, 6.07) is 16.1. The van der Waals surface area contributed by atoms with E-state index in [1.165, 1.54) is 11.1 Å². The Labute approximate surface area is 124 Å². The predicted octanol–water partition coefficient (Wildman–Crippen LogP) is 3.97. The van der Waals surface area contributed by atoms with Crippen molar-refractivity contribution in [2.24, 2.45) is 0 Å². The lowest BCUT2D eigenvalue weighted by molar-refractivity contribution is 0.203. The van der Waals surface area contributed by atoms with Gasteiger partial charge in [-0.2, -0.15) is 11.8 Å². The molecule has 1 N–H and O–H groups in total. The summed E-state index contributed by atoms with van der Waals surface area (Å²) >= 11 is 1.74. The first-order valence-corrected chi connectivity index (χ1v) is 7.80. The molecule has 0 saturated heterocycles. The van der Waals surface area contributed by atoms with Crippen LogP contribution in [0.15, 0.2) is 48.5 Å². The zero-order valence-electron chi connectivity index (χ0n) is 11.9. The second-order valence-electron chi connectivity index (χ2n) is 4.80. The highest BCUT2D eigenvalue weighted by Crippen LogP contribution is 2.24. The van der Waals surface area contributed by atoms with Crippen molar-refractivity contribution >= 4 is 11.8 Å². The van der Waals surface area contributed by atoms with Crippen molar-refractivity contribution in [3.63, 3.8) is 0 Å². The van der Waals surface area contributed by atoms with Crippen molar-refractivity contribution in [3.8, 4) is 5.75 Å². The maximum Gasteiger partial charge on any atom is 0.119 e. The molecule has 0 aromatic heterocycles. The van der Waals surface area contributed by atoms with Gasteiger partial charge in [-0.3, -0.25) is 0 Å². The van der Waals surface area contributed by atoms with Crippen LogP contribution in [0.3, 0.4) is 0 Å². The van der Waals surface area contributed by atoms with Crippen LogP contribution in [-0.4, -0.2) is 18.0 Å². The van der Waals surface area contributed by atoms with Gasteiger partial charge in [0, 0.05) is 11.5 Å². The SMILES string of the molecule is COc1cccc(C(O)CSCc2cccc(C)c2)c1. The number of ether oxygens (including phenoxy) is 1. The molecule has 2 rings (SSSR count). The summed E-state index contributed by atoms with van der Waals surface area (Å²) in [6.45, 7) is 2.10. The molecule has 0 aliphatic carbocycles. The van der Waals surface area contributed by atoms with Gasteiger partial charge in [0.25, 0.3) is 0 Å². The van der Waals surface area contributed by atoms with Gasteiger partial charge < -0.3 is 9.84 Å². The molecule has 1 atom stereocenters. The Morgan fingerprint density at radius 1 is 1.15 bits per heavy atom. The summed E-state index contributed by atoms with van der Waals surface area (Å²) in [7, 11) is 1.64. The average Bonchev–Trinajstić information content (AvgIpc) is 2.47. The number of rotatable bonds is 6. The Morgan fingerprint density at radius 3 is 2.70 bits per heavy atom. The number of hydrogen-bond acceptors (Lipinski definition) is 3. The van der Waals surface area contributed by atoms with Crippen LogP contribution in [0.5, 0.6) is 5.75 Å². The van der Waals surface area contributed by atoms with E-state index in [9.17, 15) is 5.11 Å². The number of aryl methyl sites for hydroxylation is 1. The van der Waals surface area contributed by atoms with Crippen LogP contribution < -0.4 is 4.74 Å². The lowest BCUT2D eigenvalue weighted by atomic mass is 10.1. The molecule has 0 bridgehead atoms. The first-order valence-electron chi connectivity index (χ1n) is 6.64. The molecular weight excluding hydrogens is 268 g/mol. The number of hydrogen-bond donors (Lipinski definition) is 1. The number of aliphatic hydroxyl groups excluding tert-OH is 1. The minimum Gasteiger partial charge on any atom is -0.497 e. The fourth-order valence-corrected chi connectivity index (χ4v) is 2.98. The van der Waals surface area contributed by atoms with Gasteiger partial charge in [0.2, 0.25) is 0 Å². The molecule has 0 heterocycles. The van der Waals surface area contributed by atoms with Gasteiger partial charge in [-0.15, -0.1) is 0 Å². The number of aliphatic hydroxyl groups is 1. The van der Waals surface area contributed by atoms with E-state index >= 15 is 0 Å². The molecule has 0 aliphatic rings. The third-order valence-corrected chi connectivity index (χ3v) is 4.19. The first kappa shape index (κ1) is 14.9. The molecular formula is C17H20O2S. The van der Waals surface area contributed by atoms with Gasteiger partial charge in [0.15, 0.2) is 0 Å². The van der Waals surface area contributed by atoms with Crippen molar-refractivity contribution in [2.75, 3.05) is 12.9 Å². The summed E-state index contributed by atoms with van der Waals surface area (Å²) in [6.07, 6.45) is -0.458. The zero-order chi connectivity index (χ0) is 14.4. The van der Waals surface area contributed by atoms with Crippen LogP contribution in [0, 0.1) is 6.92 Å². The molecule has 2 aromatic rings. The highest BCUT2D eigenvalue weighted by atomic mass is 32.2. The van der Waals surface area contributed by atoms with Gasteiger partial charge in [-0.25, -0.2) is 0 Å². The summed E-state index contributed by atoms with van der Waals surface area (Å²) < 4.78 is 5.17. The second kappa shape index (κ2) is 7.36. The van der Waals surface area contributed by atoms with Crippen molar-refractivity contribution in [1.82, 2.24) is 0 Å². The molecule has 0 radical (unpaired) electrons. The highest BCUT2D eigenvalue weighted by molar-refractivity contribution is 7.98. The van der Waals surface area contributed by atoms with E-state index in [1.54, 1.807) is 18.9 Å². The Morgan fingerprint density at radius 2 is 1.95 bits per heavy atom. The summed E-state index contributed by atoms with van der Waals surface area (Å²) in [4.78, 5) is 0. The van der Waals surface area contributed by atoms with Crippen molar-refractivity contribution < 1.29 is 9.84 Å². The van der Waals surface area contributed by atoms with Gasteiger partial charge in [0.1, 0.15) is 5.75 Å². The van der Waals surface area contributed by atoms with Crippen molar-refractivity contribution in [3.05, 3.63) is 65.2 Å². The molecule has 0 spiro atoms. The Kier molecular flexibility index (Phi) is 5.50. The molecule has 0 aliphatic heterocycles. The largest absolute Gasteiger partial charge is 0.497 e. The lowest BCUT2D eigenvalue weighted by Gasteiger charge is -2.12. The van der Waals surface area contributed by atoms with Crippen LogP contribution >= 0.6 is 11.8 Å². The summed E-state index contributed by atoms with van der Waals surface area (Å²) in [5, 5.41) is 10.2. The van der Waals surface area contributed by atoms with E-state index in [0.717, 1.165) is 17.1 Å². The zero-order valence-corrected chi connectivity index (χ0v) is 12.7. The van der Waals surface area contributed by atoms with Crippen LogP contribution in [0.1, 0.15) is 22.8 Å². The normalized spacial score (nSPS) is 12.2. The van der Waals surface area contributed by atoms with Crippen LogP contribution in [0.2, 0.25) is 0 Å². The minimum absolute atomic E-state index is 0.458. The maximum atomic E-state index is 10.2. The highest BCUT2D eigenvalue weighted by Gasteiger charge is 2.08. The monoisotopic (exact) mass is 288 g/mol. The Balaban J connectivity index is 1.87. The van der Waals surface area contributed by atoms with Gasteiger partial charge in [-0.05, 0) is 30.2 Å². The molecule has 2 nitrogen and oxygen atoms in total. The van der Waals surface area contributed by atoms with Gasteiger partial charge in [0.05, 0.1) is 13.2 Å². The van der Waals surface area contributed by atoms with Crippen LogP contribution in [0.4, 0.5) is 0 Å². The number of thioether (sulfide) groups is 1. The minimum atomic E-state index is -0.458. The van der Waals surface area contributed by atoms with Crippen molar-refractivity contribution in [2.45, 2.75) is 18.8 Å². The molecule has 2 aromatic carbocycles. The standard InChI is InChI=1S/C17H20O2S/c1-13-5-3-6-14(9-13)11-20-12-17(18)15-7-4-8-16(10-15)19-2/h3-10,17-18H,11-12H2,1-2H3. The van der Waals surface area contributed by atoms with Crippen LogP contribution in [-0.2, 0) is 5.75 Å². The lowest BCUT2D eigenvalue weighted by Crippen LogP contribution is -2.01. The fourth-order valence-electron chi connectivity index (χ4n) is 2.04. The van der Waals surface area contributed by atoms with E-state index in [0.29, 0.717) is 5.75 Å². The van der Waals surface area contributed by atoms with Crippen LogP contribution in [0.25, 0.3) is 0 Å². The molecule has 3 heteroatoms. The second-order valence-corrected chi connectivity index (χ2v) is 5.83. The van der Waals surface area contributed by atoms with E-state index in [-0.39, 0.29) is 0 Å². The van der Waals surface area contributed by atoms with E-state index in [4.69, 9.17) is 4.74 Å². The van der Waals surface area contributed by atoms with Gasteiger partial charge >= 0.3 is 0 Å². The van der Waals surface area contributed by atoms with Gasteiger partial charge in [-0.1, -0.05) is 42.0 Å². The smallest absolute Gasteiger partial charge is 0.119 e. The van der Waals surface area contributed by atoms with E-state index in [1.807, 2.05) is 24.3 Å². The molecule has 20 heavy (non-hydrogen) atoms. The number of benzene rings is 2. The molecule has 106 valence electrons. The van der Waals surface area contributed by atoms with E-state index < -0.39 is 6.10 Å². The number of methoxy groups -OCH3 is 1. The Hall–Kier alpha value is -1.45. The molecule has 1 unspecified atom stereocenters. The topological polar surface area (TPSA) is 29.5 Å². The fraction of sp³-hybridized carbons (Fsp3) is 0.294. The molecule has 0 fully saturated rings.